The van der Waals surface area contributed by atoms with E-state index in [1.807, 2.05) is 0 Å². The largest absolute Gasteiger partial charge is 0.443 e. The topological polar surface area (TPSA) is 95.8 Å². The summed E-state index contributed by atoms with van der Waals surface area (Å²) in [7, 11) is -1.94. The second-order valence-electron chi connectivity index (χ2n) is 6.29. The van der Waals surface area contributed by atoms with Crippen LogP contribution < -0.4 is 9.62 Å². The van der Waals surface area contributed by atoms with Crippen LogP contribution >= 0.6 is 0 Å². The van der Waals surface area contributed by atoms with Gasteiger partial charge in [0, 0.05) is 37.5 Å². The first kappa shape index (κ1) is 17.5. The minimum absolute atomic E-state index is 0.293. The molecule has 0 radical (unpaired) electrons. The molecule has 1 amide bonds. The molecule has 9 heteroatoms. The number of aromatic nitrogens is 1. The molecule has 2 aromatic carbocycles. The van der Waals surface area contributed by atoms with Gasteiger partial charge in [0.25, 0.3) is 5.91 Å². The summed E-state index contributed by atoms with van der Waals surface area (Å²) >= 11 is 0. The van der Waals surface area contributed by atoms with Gasteiger partial charge < -0.3 is 9.73 Å². The minimum Gasteiger partial charge on any atom is -0.443 e. The van der Waals surface area contributed by atoms with E-state index >= 15 is 0 Å². The Morgan fingerprint density at radius 3 is 2.70 bits per heavy atom. The van der Waals surface area contributed by atoms with E-state index in [4.69, 9.17) is 4.42 Å². The summed E-state index contributed by atoms with van der Waals surface area (Å²) in [6.45, 7) is 0.935. The maximum Gasteiger partial charge on any atom is 0.303 e. The Labute approximate surface area is 156 Å². The molecular formula is C18H18N4O4S. The van der Waals surface area contributed by atoms with Crippen LogP contribution in [0.3, 0.4) is 0 Å². The summed E-state index contributed by atoms with van der Waals surface area (Å²) in [6, 6.07) is 11.7. The predicted octanol–water partition coefficient (Wildman–Crippen LogP) is 2.47. The number of fused-ring (bicyclic) bond motifs is 1. The number of carbonyl (C=O) groups excluding carboxylic acids is 1. The van der Waals surface area contributed by atoms with Gasteiger partial charge in [-0.1, -0.05) is 0 Å². The molecule has 1 aliphatic rings. The second kappa shape index (κ2) is 6.67. The predicted molar refractivity (Wildman–Crippen MR) is 102 cm³/mol. The zero-order chi connectivity index (χ0) is 19.0. The Balaban J connectivity index is 1.52. The molecule has 1 N–H and O–H groups in total. The maximum atomic E-state index is 12.5. The summed E-state index contributed by atoms with van der Waals surface area (Å²) in [5, 5.41) is 2.80. The van der Waals surface area contributed by atoms with Crippen LogP contribution in [0.4, 0.5) is 11.4 Å². The molecule has 1 saturated heterocycles. The van der Waals surface area contributed by atoms with Gasteiger partial charge in [0.15, 0.2) is 12.0 Å². The molecule has 0 bridgehead atoms. The van der Waals surface area contributed by atoms with Crippen molar-refractivity contribution in [3.8, 4) is 0 Å². The highest BCUT2D eigenvalue weighted by molar-refractivity contribution is 7.90. The zero-order valence-electron chi connectivity index (χ0n) is 14.6. The van der Waals surface area contributed by atoms with E-state index < -0.39 is 10.2 Å². The summed E-state index contributed by atoms with van der Waals surface area (Å²) < 4.78 is 32.7. The van der Waals surface area contributed by atoms with E-state index in [1.54, 1.807) is 49.5 Å². The van der Waals surface area contributed by atoms with Crippen molar-refractivity contribution >= 4 is 38.6 Å². The number of hydrogen-bond acceptors (Lipinski definition) is 5. The molecule has 0 unspecified atom stereocenters. The first-order chi connectivity index (χ1) is 12.9. The molecule has 2 heterocycles. The third-order valence-corrected chi connectivity index (χ3v) is 6.43. The molecule has 4 rings (SSSR count). The molecule has 1 aromatic heterocycles. The average Bonchev–Trinajstić information content (AvgIpc) is 3.12. The summed E-state index contributed by atoms with van der Waals surface area (Å²) in [6.07, 6.45) is 2.10. The molecule has 140 valence electrons. The number of nitrogens with zero attached hydrogens (tertiary/aromatic N) is 3. The van der Waals surface area contributed by atoms with Gasteiger partial charge in [0.05, 0.1) is 5.69 Å². The number of amides is 1. The van der Waals surface area contributed by atoms with Crippen molar-refractivity contribution in [2.75, 3.05) is 29.8 Å². The number of carbonyl (C=O) groups is 1. The van der Waals surface area contributed by atoms with Gasteiger partial charge in [-0.3, -0.25) is 9.10 Å². The lowest BCUT2D eigenvalue weighted by molar-refractivity contribution is 0.102. The Morgan fingerprint density at radius 2 is 1.93 bits per heavy atom. The zero-order valence-corrected chi connectivity index (χ0v) is 15.4. The Hall–Kier alpha value is -2.91. The van der Waals surface area contributed by atoms with Crippen molar-refractivity contribution in [1.82, 2.24) is 9.29 Å². The van der Waals surface area contributed by atoms with Crippen LogP contribution in [0.1, 0.15) is 16.8 Å². The van der Waals surface area contributed by atoms with Gasteiger partial charge in [-0.15, -0.1) is 0 Å². The van der Waals surface area contributed by atoms with Crippen LogP contribution in [0, 0.1) is 0 Å². The van der Waals surface area contributed by atoms with Gasteiger partial charge in [-0.25, -0.2) is 4.98 Å². The van der Waals surface area contributed by atoms with E-state index in [-0.39, 0.29) is 5.91 Å². The number of oxazole rings is 1. The van der Waals surface area contributed by atoms with E-state index in [9.17, 15) is 13.2 Å². The lowest BCUT2D eigenvalue weighted by atomic mass is 10.2. The summed E-state index contributed by atoms with van der Waals surface area (Å²) in [5.41, 5.74) is 2.86. The number of anilines is 2. The van der Waals surface area contributed by atoms with Gasteiger partial charge in [-0.2, -0.15) is 12.7 Å². The number of benzene rings is 2. The van der Waals surface area contributed by atoms with E-state index in [0.29, 0.717) is 41.1 Å². The highest BCUT2D eigenvalue weighted by atomic mass is 32.2. The fourth-order valence-electron chi connectivity index (χ4n) is 3.01. The molecule has 27 heavy (non-hydrogen) atoms. The van der Waals surface area contributed by atoms with Crippen LogP contribution in [0.25, 0.3) is 11.1 Å². The molecular weight excluding hydrogens is 368 g/mol. The van der Waals surface area contributed by atoms with E-state index in [1.165, 1.54) is 15.0 Å². The summed E-state index contributed by atoms with van der Waals surface area (Å²) in [4.78, 5) is 16.5. The van der Waals surface area contributed by atoms with Gasteiger partial charge >= 0.3 is 10.2 Å². The lowest BCUT2D eigenvalue weighted by Gasteiger charge is -2.33. The van der Waals surface area contributed by atoms with Crippen molar-refractivity contribution in [2.24, 2.45) is 0 Å². The van der Waals surface area contributed by atoms with Crippen LogP contribution in [0.5, 0.6) is 0 Å². The highest BCUT2D eigenvalue weighted by Crippen LogP contribution is 2.24. The molecule has 0 aliphatic carbocycles. The Bertz CT molecular complexity index is 1090. The fourth-order valence-corrected chi connectivity index (χ4v) is 4.46. The van der Waals surface area contributed by atoms with Crippen LogP contribution in [0.2, 0.25) is 0 Å². The smallest absolute Gasteiger partial charge is 0.303 e. The molecule has 0 spiro atoms. The number of hydrogen-bond donors (Lipinski definition) is 1. The Kier molecular flexibility index (Phi) is 4.33. The quantitative estimate of drug-likeness (QED) is 0.746. The molecule has 8 nitrogen and oxygen atoms in total. The summed E-state index contributed by atoms with van der Waals surface area (Å²) in [5.74, 6) is -0.293. The minimum atomic E-state index is -3.50. The van der Waals surface area contributed by atoms with E-state index in [2.05, 4.69) is 10.3 Å². The van der Waals surface area contributed by atoms with Crippen LogP contribution in [-0.2, 0) is 10.2 Å². The van der Waals surface area contributed by atoms with Crippen molar-refractivity contribution in [2.45, 2.75) is 6.42 Å². The monoisotopic (exact) mass is 386 g/mol. The molecule has 0 atom stereocenters. The molecule has 1 fully saturated rings. The molecule has 3 aromatic rings. The lowest BCUT2D eigenvalue weighted by Crippen LogP contribution is -2.47. The molecule has 0 saturated carbocycles. The van der Waals surface area contributed by atoms with Gasteiger partial charge in [0.1, 0.15) is 5.52 Å². The average molecular weight is 386 g/mol. The normalized spacial score (nSPS) is 17.1. The van der Waals surface area contributed by atoms with Crippen molar-refractivity contribution in [1.29, 1.82) is 0 Å². The van der Waals surface area contributed by atoms with E-state index in [0.717, 1.165) is 6.42 Å². The van der Waals surface area contributed by atoms with Crippen molar-refractivity contribution in [3.05, 3.63) is 54.4 Å². The SMILES string of the molecule is CN1CCCN(c2ccc(C(=O)Nc3ccc4ncoc4c3)cc2)S1(=O)=O. The fraction of sp³-hybridized carbons (Fsp3) is 0.222. The van der Waals surface area contributed by atoms with Gasteiger partial charge in [-0.05, 0) is 42.8 Å². The first-order valence-electron chi connectivity index (χ1n) is 8.44. The standard InChI is InChI=1S/C18H18N4O4S/c1-21-9-2-10-22(27(21,24)25)15-6-3-13(4-7-15)18(23)20-14-5-8-16-17(11-14)26-12-19-16/h3-8,11-12H,2,9-10H2,1H3,(H,20,23). The third-order valence-electron chi connectivity index (χ3n) is 4.51. The molecule has 1 aliphatic heterocycles. The Morgan fingerprint density at radius 1 is 1.15 bits per heavy atom. The maximum absolute atomic E-state index is 12.5. The van der Waals surface area contributed by atoms with Gasteiger partial charge in [0.2, 0.25) is 0 Å². The van der Waals surface area contributed by atoms with Crippen LogP contribution in [-0.4, -0.2) is 43.8 Å². The van der Waals surface area contributed by atoms with Crippen molar-refractivity contribution in [3.63, 3.8) is 0 Å². The first-order valence-corrected chi connectivity index (χ1v) is 9.83. The second-order valence-corrected chi connectivity index (χ2v) is 8.25. The van der Waals surface area contributed by atoms with Crippen LogP contribution in [0.15, 0.2) is 53.3 Å². The number of nitrogens with one attached hydrogen (secondary N) is 1. The van der Waals surface area contributed by atoms with Crippen molar-refractivity contribution < 1.29 is 17.6 Å². The third kappa shape index (κ3) is 3.26. The number of rotatable bonds is 3. The highest BCUT2D eigenvalue weighted by Gasteiger charge is 2.30.